The number of ether oxygens (including phenoxy) is 4. The Bertz CT molecular complexity index is 479. The molecule has 96 valence electrons. The van der Waals surface area contributed by atoms with E-state index in [1.807, 2.05) is 0 Å². The summed E-state index contributed by atoms with van der Waals surface area (Å²) in [6, 6.07) is 3.55. The van der Waals surface area contributed by atoms with Gasteiger partial charge in [-0.15, -0.1) is 0 Å². The predicted octanol–water partition coefficient (Wildman–Crippen LogP) is 2.00. The van der Waals surface area contributed by atoms with Crippen molar-refractivity contribution < 1.29 is 23.7 Å². The second-order valence-corrected chi connectivity index (χ2v) is 3.54. The largest absolute Gasteiger partial charge is 0.493 e. The van der Waals surface area contributed by atoms with Gasteiger partial charge in [0.25, 0.3) is 0 Å². The van der Waals surface area contributed by atoms with Crippen LogP contribution in [-0.4, -0.2) is 26.5 Å². The summed E-state index contributed by atoms with van der Waals surface area (Å²) in [4.78, 5) is 11.2. The lowest BCUT2D eigenvalue weighted by Gasteiger charge is -2.05. The Morgan fingerprint density at radius 3 is 3.00 bits per heavy atom. The van der Waals surface area contributed by atoms with Gasteiger partial charge in [0.2, 0.25) is 12.5 Å². The zero-order valence-corrected chi connectivity index (χ0v) is 10.3. The normalized spacial score (nSPS) is 12.8. The van der Waals surface area contributed by atoms with E-state index in [4.69, 9.17) is 18.9 Å². The van der Waals surface area contributed by atoms with Crippen molar-refractivity contribution in [3.05, 3.63) is 23.8 Å². The van der Waals surface area contributed by atoms with E-state index in [2.05, 4.69) is 0 Å². The van der Waals surface area contributed by atoms with E-state index in [-0.39, 0.29) is 12.8 Å². The summed E-state index contributed by atoms with van der Waals surface area (Å²) < 4.78 is 20.6. The molecule has 1 aromatic carbocycles. The van der Waals surface area contributed by atoms with Crippen molar-refractivity contribution in [3.8, 4) is 17.2 Å². The van der Waals surface area contributed by atoms with Gasteiger partial charge >= 0.3 is 5.97 Å². The van der Waals surface area contributed by atoms with Crippen molar-refractivity contribution in [2.24, 2.45) is 0 Å². The first kappa shape index (κ1) is 12.3. The molecule has 1 aliphatic rings. The Morgan fingerprint density at radius 1 is 1.44 bits per heavy atom. The number of esters is 1. The van der Waals surface area contributed by atoms with E-state index in [9.17, 15) is 4.79 Å². The average Bonchev–Trinajstić information content (AvgIpc) is 2.83. The standard InChI is InChI=1S/C13H14O5/c1-3-16-12(14)5-4-9-6-10(15-2)13-11(7-9)17-8-18-13/h4-7H,3,8H2,1-2H3/b5-4+. The summed E-state index contributed by atoms with van der Waals surface area (Å²) in [5, 5.41) is 0. The molecule has 0 unspecified atom stereocenters. The van der Waals surface area contributed by atoms with E-state index in [0.29, 0.717) is 23.9 Å². The average molecular weight is 250 g/mol. The molecule has 2 rings (SSSR count). The zero-order chi connectivity index (χ0) is 13.0. The molecule has 1 heterocycles. The number of benzene rings is 1. The van der Waals surface area contributed by atoms with E-state index in [1.165, 1.54) is 6.08 Å². The molecule has 0 aromatic heterocycles. The van der Waals surface area contributed by atoms with Crippen LogP contribution in [0.15, 0.2) is 18.2 Å². The minimum atomic E-state index is -0.380. The maximum absolute atomic E-state index is 11.2. The number of methoxy groups -OCH3 is 1. The van der Waals surface area contributed by atoms with Crippen molar-refractivity contribution in [1.29, 1.82) is 0 Å². The van der Waals surface area contributed by atoms with Crippen LogP contribution in [0.3, 0.4) is 0 Å². The van der Waals surface area contributed by atoms with E-state index in [0.717, 1.165) is 5.56 Å². The fraction of sp³-hybridized carbons (Fsp3) is 0.308. The lowest BCUT2D eigenvalue weighted by Crippen LogP contribution is -1.98. The number of hydrogen-bond acceptors (Lipinski definition) is 5. The van der Waals surface area contributed by atoms with Crippen LogP contribution in [0.1, 0.15) is 12.5 Å². The second kappa shape index (κ2) is 5.44. The summed E-state index contributed by atoms with van der Waals surface area (Å²) in [6.45, 7) is 2.29. The molecule has 5 nitrogen and oxygen atoms in total. The van der Waals surface area contributed by atoms with E-state index in [1.54, 1.807) is 32.2 Å². The van der Waals surface area contributed by atoms with Gasteiger partial charge in [-0.05, 0) is 30.7 Å². The van der Waals surface area contributed by atoms with Gasteiger partial charge in [-0.3, -0.25) is 0 Å². The minimum absolute atomic E-state index is 0.177. The van der Waals surface area contributed by atoms with Gasteiger partial charge in [-0.2, -0.15) is 0 Å². The van der Waals surface area contributed by atoms with Crippen LogP contribution in [0.25, 0.3) is 6.08 Å². The van der Waals surface area contributed by atoms with Gasteiger partial charge in [-0.25, -0.2) is 4.79 Å². The third kappa shape index (κ3) is 2.56. The Kier molecular flexibility index (Phi) is 3.72. The fourth-order valence-electron chi connectivity index (χ4n) is 1.60. The molecule has 0 radical (unpaired) electrons. The first-order valence-corrected chi connectivity index (χ1v) is 5.57. The predicted molar refractivity (Wildman–Crippen MR) is 64.8 cm³/mol. The molecule has 0 fully saturated rings. The minimum Gasteiger partial charge on any atom is -0.493 e. The Hall–Kier alpha value is -2.17. The smallest absolute Gasteiger partial charge is 0.330 e. The van der Waals surface area contributed by atoms with Crippen molar-refractivity contribution in [3.63, 3.8) is 0 Å². The Balaban J connectivity index is 2.22. The SMILES string of the molecule is CCOC(=O)/C=C/c1cc(OC)c2c(c1)OCO2. The fourth-order valence-corrected chi connectivity index (χ4v) is 1.60. The third-order valence-electron chi connectivity index (χ3n) is 2.38. The second-order valence-electron chi connectivity index (χ2n) is 3.54. The maximum Gasteiger partial charge on any atom is 0.330 e. The molecule has 18 heavy (non-hydrogen) atoms. The van der Waals surface area contributed by atoms with E-state index < -0.39 is 0 Å². The van der Waals surface area contributed by atoms with Crippen LogP contribution in [0, 0.1) is 0 Å². The van der Waals surface area contributed by atoms with Crippen LogP contribution >= 0.6 is 0 Å². The molecule has 1 aromatic rings. The lowest BCUT2D eigenvalue weighted by atomic mass is 10.1. The molecule has 5 heteroatoms. The van der Waals surface area contributed by atoms with Crippen LogP contribution in [0.2, 0.25) is 0 Å². The lowest BCUT2D eigenvalue weighted by molar-refractivity contribution is -0.137. The van der Waals surface area contributed by atoms with Gasteiger partial charge in [0.1, 0.15) is 0 Å². The van der Waals surface area contributed by atoms with Crippen LogP contribution in [0.5, 0.6) is 17.2 Å². The highest BCUT2D eigenvalue weighted by Crippen LogP contribution is 2.41. The first-order chi connectivity index (χ1) is 8.74. The number of hydrogen-bond donors (Lipinski definition) is 0. The molecular formula is C13H14O5. The van der Waals surface area contributed by atoms with Gasteiger partial charge in [-0.1, -0.05) is 0 Å². The summed E-state index contributed by atoms with van der Waals surface area (Å²) in [5.41, 5.74) is 0.782. The molecule has 1 aliphatic heterocycles. The zero-order valence-electron chi connectivity index (χ0n) is 10.3. The quantitative estimate of drug-likeness (QED) is 0.604. The summed E-state index contributed by atoms with van der Waals surface area (Å²) >= 11 is 0. The highest BCUT2D eigenvalue weighted by molar-refractivity contribution is 5.87. The van der Waals surface area contributed by atoms with Gasteiger partial charge in [0.15, 0.2) is 11.5 Å². The third-order valence-corrected chi connectivity index (χ3v) is 2.38. The summed E-state index contributed by atoms with van der Waals surface area (Å²) in [5.74, 6) is 1.39. The Labute approximate surface area is 105 Å². The van der Waals surface area contributed by atoms with Crippen LogP contribution in [0.4, 0.5) is 0 Å². The van der Waals surface area contributed by atoms with Crippen molar-refractivity contribution in [2.45, 2.75) is 6.92 Å². The Morgan fingerprint density at radius 2 is 2.28 bits per heavy atom. The van der Waals surface area contributed by atoms with Crippen LogP contribution < -0.4 is 14.2 Å². The van der Waals surface area contributed by atoms with Crippen LogP contribution in [-0.2, 0) is 9.53 Å². The molecule has 0 N–H and O–H groups in total. The summed E-state index contributed by atoms with van der Waals surface area (Å²) in [7, 11) is 1.55. The number of carbonyl (C=O) groups is 1. The number of rotatable bonds is 4. The van der Waals surface area contributed by atoms with Gasteiger partial charge in [0.05, 0.1) is 13.7 Å². The number of carbonyl (C=O) groups excluding carboxylic acids is 1. The summed E-state index contributed by atoms with van der Waals surface area (Å²) in [6.07, 6.45) is 3.00. The molecule has 0 aliphatic carbocycles. The van der Waals surface area contributed by atoms with Gasteiger partial charge in [0, 0.05) is 6.08 Å². The number of fused-ring (bicyclic) bond motifs is 1. The van der Waals surface area contributed by atoms with Gasteiger partial charge < -0.3 is 18.9 Å². The highest BCUT2D eigenvalue weighted by atomic mass is 16.7. The topological polar surface area (TPSA) is 54.0 Å². The van der Waals surface area contributed by atoms with Crippen molar-refractivity contribution >= 4 is 12.0 Å². The molecule has 0 spiro atoms. The molecule has 0 saturated heterocycles. The first-order valence-electron chi connectivity index (χ1n) is 5.57. The molecule has 0 bridgehead atoms. The molecule has 0 amide bonds. The molecule has 0 saturated carbocycles. The maximum atomic E-state index is 11.2. The highest BCUT2D eigenvalue weighted by Gasteiger charge is 2.19. The molecular weight excluding hydrogens is 236 g/mol. The van der Waals surface area contributed by atoms with Crippen molar-refractivity contribution in [1.82, 2.24) is 0 Å². The monoisotopic (exact) mass is 250 g/mol. The van der Waals surface area contributed by atoms with E-state index >= 15 is 0 Å². The molecule has 0 atom stereocenters. The van der Waals surface area contributed by atoms with Crippen molar-refractivity contribution in [2.75, 3.05) is 20.5 Å².